The Bertz CT molecular complexity index is 467. The first-order chi connectivity index (χ1) is 9.31. The van der Waals surface area contributed by atoms with Crippen LogP contribution in [0.3, 0.4) is 0 Å². The highest BCUT2D eigenvalue weighted by Gasteiger charge is 2.16. The van der Waals surface area contributed by atoms with Crippen LogP contribution in [0.5, 0.6) is 0 Å². The third-order valence-corrected chi connectivity index (χ3v) is 4.49. The smallest absolute Gasteiger partial charge is 0.261 e. The van der Waals surface area contributed by atoms with Crippen LogP contribution in [0.1, 0.15) is 45.8 Å². The van der Waals surface area contributed by atoms with E-state index in [0.717, 1.165) is 30.6 Å². The van der Waals surface area contributed by atoms with Crippen molar-refractivity contribution in [2.45, 2.75) is 38.5 Å². The van der Waals surface area contributed by atoms with Crippen LogP contribution in [0.4, 0.5) is 0 Å². The van der Waals surface area contributed by atoms with Crippen LogP contribution in [-0.4, -0.2) is 19.0 Å². The van der Waals surface area contributed by atoms with Gasteiger partial charge < -0.3 is 5.32 Å². The van der Waals surface area contributed by atoms with Crippen molar-refractivity contribution < 1.29 is 4.79 Å². The summed E-state index contributed by atoms with van der Waals surface area (Å²) in [6.45, 7) is 1.14. The molecule has 5 nitrogen and oxygen atoms in total. The Kier molecular flexibility index (Phi) is 5.24. The fourth-order valence-corrected chi connectivity index (χ4v) is 3.41. The second kappa shape index (κ2) is 7.16. The second-order valence-electron chi connectivity index (χ2n) is 4.68. The first-order valence-electron chi connectivity index (χ1n) is 6.72. The van der Waals surface area contributed by atoms with Crippen LogP contribution in [0.2, 0.25) is 0 Å². The normalized spacial score (nSPS) is 13.5. The minimum atomic E-state index is 0.0307. The Balaban J connectivity index is 1.76. The number of nitrogens with one attached hydrogen (secondary N) is 1. The molecule has 1 amide bonds. The molecule has 0 radical (unpaired) electrons. The van der Waals surface area contributed by atoms with E-state index < -0.39 is 0 Å². The molecule has 2 rings (SSSR count). The van der Waals surface area contributed by atoms with Gasteiger partial charge in [0.2, 0.25) is 0 Å². The summed E-state index contributed by atoms with van der Waals surface area (Å²) in [5, 5.41) is 6.38. The maximum Gasteiger partial charge on any atom is 0.261 e. The molecule has 0 aliphatic heterocycles. The minimum absolute atomic E-state index is 0.0307. The van der Waals surface area contributed by atoms with Gasteiger partial charge in [-0.2, -0.15) is 0 Å². The maximum absolute atomic E-state index is 12.0. The molecule has 102 valence electrons. The molecule has 1 N–H and O–H groups in total. The maximum atomic E-state index is 12.0. The van der Waals surface area contributed by atoms with Gasteiger partial charge in [0.25, 0.3) is 5.91 Å². The Morgan fingerprint density at radius 3 is 3.05 bits per heavy atom. The Hall–Kier alpha value is -1.52. The zero-order valence-electron chi connectivity index (χ0n) is 10.9. The van der Waals surface area contributed by atoms with E-state index in [1.807, 2.05) is 0 Å². The lowest BCUT2D eigenvalue weighted by atomic mass is 9.99. The summed E-state index contributed by atoms with van der Waals surface area (Å²) in [6, 6.07) is 2.05. The van der Waals surface area contributed by atoms with Crippen molar-refractivity contribution in [3.8, 4) is 0 Å². The average Bonchev–Trinajstić information content (AvgIpc) is 2.86. The zero-order chi connectivity index (χ0) is 13.5. The van der Waals surface area contributed by atoms with Gasteiger partial charge in [-0.1, -0.05) is 5.11 Å². The van der Waals surface area contributed by atoms with E-state index in [0.29, 0.717) is 13.1 Å². The minimum Gasteiger partial charge on any atom is -0.351 e. The number of carbonyl (C=O) groups excluding carboxylic acids is 1. The van der Waals surface area contributed by atoms with Gasteiger partial charge in [-0.3, -0.25) is 4.79 Å². The van der Waals surface area contributed by atoms with Crippen molar-refractivity contribution in [2.75, 3.05) is 13.1 Å². The molecule has 19 heavy (non-hydrogen) atoms. The van der Waals surface area contributed by atoms with Crippen molar-refractivity contribution in [3.05, 3.63) is 31.8 Å². The van der Waals surface area contributed by atoms with Crippen LogP contribution in [-0.2, 0) is 12.8 Å². The van der Waals surface area contributed by atoms with Crippen molar-refractivity contribution in [2.24, 2.45) is 5.11 Å². The fourth-order valence-electron chi connectivity index (χ4n) is 2.24. The van der Waals surface area contributed by atoms with E-state index in [9.17, 15) is 4.79 Å². The van der Waals surface area contributed by atoms with Gasteiger partial charge in [0.1, 0.15) is 0 Å². The monoisotopic (exact) mass is 278 g/mol. The van der Waals surface area contributed by atoms with E-state index in [1.54, 1.807) is 11.3 Å². The van der Waals surface area contributed by atoms with E-state index >= 15 is 0 Å². The highest BCUT2D eigenvalue weighted by molar-refractivity contribution is 7.14. The highest BCUT2D eigenvalue weighted by atomic mass is 32.1. The van der Waals surface area contributed by atoms with Gasteiger partial charge in [-0.05, 0) is 55.7 Å². The predicted molar refractivity (Wildman–Crippen MR) is 76.5 cm³/mol. The number of fused-ring (bicyclic) bond motifs is 1. The van der Waals surface area contributed by atoms with Crippen molar-refractivity contribution in [1.82, 2.24) is 5.32 Å². The molecule has 1 aliphatic carbocycles. The van der Waals surface area contributed by atoms with Gasteiger partial charge in [-0.25, -0.2) is 0 Å². The summed E-state index contributed by atoms with van der Waals surface area (Å²) < 4.78 is 0. The third-order valence-electron chi connectivity index (χ3n) is 3.25. The summed E-state index contributed by atoms with van der Waals surface area (Å²) in [4.78, 5) is 16.9. The topological polar surface area (TPSA) is 77.9 Å². The number of unbranched alkanes of at least 4 members (excludes halogenated alkanes) is 1. The number of azide groups is 1. The number of hydrogen-bond acceptors (Lipinski definition) is 3. The number of aryl methyl sites for hydroxylation is 2. The molecule has 1 aromatic rings. The molecule has 1 heterocycles. The second-order valence-corrected chi connectivity index (χ2v) is 5.82. The Morgan fingerprint density at radius 1 is 1.42 bits per heavy atom. The highest BCUT2D eigenvalue weighted by Crippen LogP contribution is 2.29. The van der Waals surface area contributed by atoms with Crippen LogP contribution < -0.4 is 5.32 Å². The van der Waals surface area contributed by atoms with Crippen molar-refractivity contribution in [3.63, 3.8) is 0 Å². The van der Waals surface area contributed by atoms with Gasteiger partial charge in [0.05, 0.1) is 4.88 Å². The first-order valence-corrected chi connectivity index (χ1v) is 7.53. The van der Waals surface area contributed by atoms with Crippen molar-refractivity contribution >= 4 is 17.2 Å². The fraction of sp³-hybridized carbons (Fsp3) is 0.615. The molecule has 0 saturated carbocycles. The molecule has 0 aromatic carbocycles. The molecule has 0 bridgehead atoms. The molecule has 0 spiro atoms. The Morgan fingerprint density at radius 2 is 2.26 bits per heavy atom. The van der Waals surface area contributed by atoms with Gasteiger partial charge in [0, 0.05) is 22.9 Å². The number of thiophene rings is 1. The third kappa shape index (κ3) is 3.98. The summed E-state index contributed by atoms with van der Waals surface area (Å²) in [7, 11) is 0. The molecular weight excluding hydrogens is 260 g/mol. The van der Waals surface area contributed by atoms with Gasteiger partial charge >= 0.3 is 0 Å². The van der Waals surface area contributed by atoms with Crippen LogP contribution in [0.15, 0.2) is 11.2 Å². The van der Waals surface area contributed by atoms with Gasteiger partial charge in [-0.15, -0.1) is 11.3 Å². The first kappa shape index (κ1) is 13.9. The molecule has 0 saturated heterocycles. The molecule has 0 fully saturated rings. The predicted octanol–water partition coefficient (Wildman–Crippen LogP) is 3.45. The zero-order valence-corrected chi connectivity index (χ0v) is 11.7. The molecule has 1 aromatic heterocycles. The SMILES string of the molecule is [N-]=[N+]=NCCCCNC(=O)c1cc2c(s1)CCCC2. The standard InChI is InChI=1S/C13H18N4OS/c14-17-16-8-4-3-7-15-13(18)12-9-10-5-1-2-6-11(10)19-12/h9H,1-8H2,(H,15,18). The lowest BCUT2D eigenvalue weighted by molar-refractivity contribution is 0.0957. The van der Waals surface area contributed by atoms with Crippen LogP contribution in [0.25, 0.3) is 10.4 Å². The molecule has 1 aliphatic rings. The summed E-state index contributed by atoms with van der Waals surface area (Å²) in [5.74, 6) is 0.0307. The summed E-state index contributed by atoms with van der Waals surface area (Å²) >= 11 is 1.64. The van der Waals surface area contributed by atoms with Crippen molar-refractivity contribution in [1.29, 1.82) is 0 Å². The van der Waals surface area contributed by atoms with E-state index in [-0.39, 0.29) is 5.91 Å². The number of amides is 1. The summed E-state index contributed by atoms with van der Waals surface area (Å²) in [6.07, 6.45) is 6.38. The summed E-state index contributed by atoms with van der Waals surface area (Å²) in [5.41, 5.74) is 9.50. The number of rotatable bonds is 6. The Labute approximate surface area is 116 Å². The molecular formula is C13H18N4OS. The van der Waals surface area contributed by atoms with Crippen LogP contribution >= 0.6 is 11.3 Å². The van der Waals surface area contributed by atoms with E-state index in [2.05, 4.69) is 21.4 Å². The largest absolute Gasteiger partial charge is 0.351 e. The average molecular weight is 278 g/mol. The lowest BCUT2D eigenvalue weighted by Gasteiger charge is -2.08. The van der Waals surface area contributed by atoms with Crippen LogP contribution in [0, 0.1) is 0 Å². The molecule has 0 unspecified atom stereocenters. The number of nitrogens with zero attached hydrogens (tertiary/aromatic N) is 3. The van der Waals surface area contributed by atoms with E-state index in [1.165, 1.54) is 23.3 Å². The molecule has 0 atom stereocenters. The quantitative estimate of drug-likeness (QED) is 0.368. The van der Waals surface area contributed by atoms with E-state index in [4.69, 9.17) is 5.53 Å². The number of carbonyl (C=O) groups is 1. The lowest BCUT2D eigenvalue weighted by Crippen LogP contribution is -2.23. The molecule has 6 heteroatoms. The number of hydrogen-bond donors (Lipinski definition) is 1. The van der Waals surface area contributed by atoms with Gasteiger partial charge in [0.15, 0.2) is 0 Å².